The smallest absolute Gasteiger partial charge is 0.165 e. The predicted octanol–water partition coefficient (Wildman–Crippen LogP) is 3.47. The number of allylic oxidation sites excluding steroid dienone is 7. The molecule has 1 heterocycles. The van der Waals surface area contributed by atoms with E-state index in [2.05, 4.69) is 24.3 Å². The summed E-state index contributed by atoms with van der Waals surface area (Å²) in [5.41, 5.74) is 0. The van der Waals surface area contributed by atoms with Gasteiger partial charge in [0.2, 0.25) is 0 Å². The molecular formula is C12H14O. The van der Waals surface area contributed by atoms with Crippen LogP contribution in [0.2, 0.25) is 0 Å². The Morgan fingerprint density at radius 2 is 1.77 bits per heavy atom. The molecule has 0 radical (unpaired) electrons. The normalized spacial score (nSPS) is 21.5. The highest BCUT2D eigenvalue weighted by molar-refractivity contribution is 5.31. The minimum Gasteiger partial charge on any atom is -0.454 e. The second-order valence-corrected chi connectivity index (χ2v) is 3.26. The van der Waals surface area contributed by atoms with Crippen molar-refractivity contribution in [2.75, 3.05) is 0 Å². The molecule has 2 aliphatic rings. The van der Waals surface area contributed by atoms with Gasteiger partial charge in [0.1, 0.15) is 5.76 Å². The summed E-state index contributed by atoms with van der Waals surface area (Å²) < 4.78 is 5.31. The molecule has 0 aromatic rings. The van der Waals surface area contributed by atoms with Crippen LogP contribution in [0.3, 0.4) is 0 Å². The number of hydrogen-bond acceptors (Lipinski definition) is 1. The predicted molar refractivity (Wildman–Crippen MR) is 54.0 cm³/mol. The lowest BCUT2D eigenvalue weighted by Crippen LogP contribution is -1.69. The first kappa shape index (κ1) is 8.36. The highest BCUT2D eigenvalue weighted by atomic mass is 16.6. The summed E-state index contributed by atoms with van der Waals surface area (Å²) in [4.78, 5) is 0. The first-order chi connectivity index (χ1) is 6.47. The van der Waals surface area contributed by atoms with Gasteiger partial charge in [-0.1, -0.05) is 30.4 Å². The van der Waals surface area contributed by atoms with E-state index >= 15 is 0 Å². The van der Waals surface area contributed by atoms with E-state index in [1.807, 2.05) is 12.2 Å². The molecule has 1 aliphatic heterocycles. The van der Waals surface area contributed by atoms with Gasteiger partial charge in [-0.2, -0.15) is 0 Å². The summed E-state index contributed by atoms with van der Waals surface area (Å²) in [5.74, 6) is 2.23. The van der Waals surface area contributed by atoms with E-state index < -0.39 is 0 Å². The molecule has 0 amide bonds. The van der Waals surface area contributed by atoms with Gasteiger partial charge in [0.05, 0.1) is 0 Å². The van der Waals surface area contributed by atoms with E-state index in [1.165, 1.54) is 0 Å². The molecule has 0 aromatic carbocycles. The Kier molecular flexibility index (Phi) is 2.65. The third-order valence-electron chi connectivity index (χ3n) is 2.17. The summed E-state index contributed by atoms with van der Waals surface area (Å²) >= 11 is 0. The van der Waals surface area contributed by atoms with Crippen molar-refractivity contribution in [3.63, 3.8) is 0 Å². The van der Waals surface area contributed by atoms with Gasteiger partial charge in [-0.15, -0.1) is 0 Å². The SMILES string of the molecule is C1=CCCC=CCCC2=C(C=C1)O2. The highest BCUT2D eigenvalue weighted by Gasteiger charge is 2.20. The van der Waals surface area contributed by atoms with Gasteiger partial charge in [0, 0.05) is 6.42 Å². The summed E-state index contributed by atoms with van der Waals surface area (Å²) in [5, 5.41) is 0. The van der Waals surface area contributed by atoms with Gasteiger partial charge >= 0.3 is 0 Å². The third-order valence-corrected chi connectivity index (χ3v) is 2.17. The number of hydrogen-bond donors (Lipinski definition) is 0. The van der Waals surface area contributed by atoms with E-state index in [0.717, 1.165) is 37.2 Å². The highest BCUT2D eigenvalue weighted by Crippen LogP contribution is 2.31. The fourth-order valence-corrected chi connectivity index (χ4v) is 1.37. The van der Waals surface area contributed by atoms with Crippen molar-refractivity contribution in [1.29, 1.82) is 0 Å². The molecule has 1 aliphatic carbocycles. The summed E-state index contributed by atoms with van der Waals surface area (Å²) in [6, 6.07) is 0. The second kappa shape index (κ2) is 4.13. The van der Waals surface area contributed by atoms with Crippen LogP contribution in [0.4, 0.5) is 0 Å². The van der Waals surface area contributed by atoms with E-state index in [1.54, 1.807) is 0 Å². The van der Waals surface area contributed by atoms with Crippen molar-refractivity contribution < 1.29 is 4.74 Å². The second-order valence-electron chi connectivity index (χ2n) is 3.26. The maximum Gasteiger partial charge on any atom is 0.165 e. The van der Waals surface area contributed by atoms with Gasteiger partial charge in [0.25, 0.3) is 0 Å². The molecule has 0 aromatic heterocycles. The average Bonchev–Trinajstić information content (AvgIpc) is 2.83. The summed E-state index contributed by atoms with van der Waals surface area (Å²) in [6.45, 7) is 0. The standard InChI is InChI=1S/C12H14O/c1-2-4-6-8-10-12-11(13-12)9-7-5-3-1/h3-7,9H,1-2,8,10H2. The molecule has 0 unspecified atom stereocenters. The molecule has 0 saturated heterocycles. The molecule has 1 nitrogen and oxygen atoms in total. The molecule has 0 bridgehead atoms. The van der Waals surface area contributed by atoms with Crippen LogP contribution in [0.5, 0.6) is 0 Å². The molecule has 68 valence electrons. The Morgan fingerprint density at radius 1 is 0.923 bits per heavy atom. The molecule has 1 heteroatoms. The molecule has 13 heavy (non-hydrogen) atoms. The van der Waals surface area contributed by atoms with Crippen molar-refractivity contribution in [2.45, 2.75) is 25.7 Å². The van der Waals surface area contributed by atoms with Crippen LogP contribution in [0, 0.1) is 0 Å². The molecule has 0 saturated carbocycles. The molecule has 0 N–H and O–H groups in total. The number of ether oxygens (including phenoxy) is 1. The average molecular weight is 174 g/mol. The van der Waals surface area contributed by atoms with Gasteiger partial charge in [-0.3, -0.25) is 0 Å². The van der Waals surface area contributed by atoms with Crippen molar-refractivity contribution in [1.82, 2.24) is 0 Å². The molecule has 2 rings (SSSR count). The lowest BCUT2D eigenvalue weighted by atomic mass is 10.2. The van der Waals surface area contributed by atoms with Crippen LogP contribution < -0.4 is 0 Å². The van der Waals surface area contributed by atoms with Crippen LogP contribution in [-0.2, 0) is 4.74 Å². The first-order valence-corrected chi connectivity index (χ1v) is 4.86. The fraction of sp³-hybridized carbons (Fsp3) is 0.333. The van der Waals surface area contributed by atoms with E-state index in [9.17, 15) is 0 Å². The summed E-state index contributed by atoms with van der Waals surface area (Å²) in [6.07, 6.45) is 17.3. The fourth-order valence-electron chi connectivity index (χ4n) is 1.37. The van der Waals surface area contributed by atoms with E-state index in [0.29, 0.717) is 0 Å². The van der Waals surface area contributed by atoms with E-state index in [4.69, 9.17) is 4.74 Å². The zero-order valence-corrected chi connectivity index (χ0v) is 7.70. The van der Waals surface area contributed by atoms with Crippen LogP contribution in [0.15, 0.2) is 48.0 Å². The lowest BCUT2D eigenvalue weighted by molar-refractivity contribution is 0.464. The van der Waals surface area contributed by atoms with Crippen molar-refractivity contribution in [2.24, 2.45) is 0 Å². The van der Waals surface area contributed by atoms with Gasteiger partial charge in [0.15, 0.2) is 5.76 Å². The minimum atomic E-state index is 1.06. The Bertz CT molecular complexity index is 292. The Balaban J connectivity index is 1.98. The van der Waals surface area contributed by atoms with Crippen molar-refractivity contribution in [3.8, 4) is 0 Å². The van der Waals surface area contributed by atoms with E-state index in [-0.39, 0.29) is 0 Å². The maximum absolute atomic E-state index is 5.31. The summed E-state index contributed by atoms with van der Waals surface area (Å²) in [7, 11) is 0. The molecule has 0 fully saturated rings. The third kappa shape index (κ3) is 2.62. The van der Waals surface area contributed by atoms with Gasteiger partial charge in [-0.25, -0.2) is 0 Å². The number of rotatable bonds is 0. The molecule has 0 spiro atoms. The topological polar surface area (TPSA) is 12.5 Å². The lowest BCUT2D eigenvalue weighted by Gasteiger charge is -1.87. The largest absolute Gasteiger partial charge is 0.454 e. The zero-order valence-electron chi connectivity index (χ0n) is 7.70. The van der Waals surface area contributed by atoms with Crippen LogP contribution >= 0.6 is 0 Å². The van der Waals surface area contributed by atoms with Crippen LogP contribution in [-0.4, -0.2) is 0 Å². The Morgan fingerprint density at radius 3 is 2.77 bits per heavy atom. The zero-order chi connectivity index (χ0) is 8.93. The maximum atomic E-state index is 5.31. The van der Waals surface area contributed by atoms with Crippen molar-refractivity contribution >= 4 is 0 Å². The Labute approximate surface area is 79.1 Å². The van der Waals surface area contributed by atoms with Crippen molar-refractivity contribution in [3.05, 3.63) is 48.0 Å². The minimum absolute atomic E-state index is 1.06. The molecular weight excluding hydrogens is 160 g/mol. The first-order valence-electron chi connectivity index (χ1n) is 4.86. The van der Waals surface area contributed by atoms with Crippen LogP contribution in [0.25, 0.3) is 0 Å². The van der Waals surface area contributed by atoms with Gasteiger partial charge < -0.3 is 4.74 Å². The quantitative estimate of drug-likeness (QED) is 0.512. The molecule has 0 atom stereocenters. The van der Waals surface area contributed by atoms with Gasteiger partial charge in [-0.05, 0) is 25.3 Å². The monoisotopic (exact) mass is 174 g/mol. The Hall–Kier alpha value is -1.24. The van der Waals surface area contributed by atoms with Crippen LogP contribution in [0.1, 0.15) is 25.7 Å².